The fourth-order valence-electron chi connectivity index (χ4n) is 5.29. The van der Waals surface area contributed by atoms with Gasteiger partial charge in [0.25, 0.3) is 0 Å². The topological polar surface area (TPSA) is 73.4 Å². The number of nitrogens with zero attached hydrogens (tertiary/aromatic N) is 4. The molecule has 0 saturated carbocycles. The summed E-state index contributed by atoms with van der Waals surface area (Å²) in [6, 6.07) is 4.06. The Hall–Kier alpha value is -0.940. The van der Waals surface area contributed by atoms with Crippen molar-refractivity contribution >= 4 is 39.1 Å². The lowest BCUT2D eigenvalue weighted by Gasteiger charge is -2.37. The zero-order valence-electron chi connectivity index (χ0n) is 20.9. The molecule has 0 aromatic heterocycles. The van der Waals surface area contributed by atoms with Crippen LogP contribution in [0, 0.1) is 0 Å². The highest BCUT2D eigenvalue weighted by Gasteiger charge is 2.34. The van der Waals surface area contributed by atoms with Crippen molar-refractivity contribution in [2.24, 2.45) is 0 Å². The Morgan fingerprint density at radius 3 is 2.22 bits per heavy atom. The molecule has 8 nitrogen and oxygen atoms in total. The summed E-state index contributed by atoms with van der Waals surface area (Å²) in [5.41, 5.74) is 0. The molecule has 36 heavy (non-hydrogen) atoms. The second-order valence-corrected chi connectivity index (χ2v) is 12.7. The first-order valence-corrected chi connectivity index (χ1v) is 15.3. The van der Waals surface area contributed by atoms with Crippen molar-refractivity contribution in [3.63, 3.8) is 0 Å². The van der Waals surface area contributed by atoms with E-state index in [4.69, 9.17) is 27.9 Å². The standard InChI is InChI=1S/C25H38Cl2N4O4S/c26-23-8-7-22(18-24(23)27)36(33,34)31-11-5-2-6-21(31)19-35-20-25(32)30-16-14-29(15-17-30)13-12-28-9-3-1-4-10-28/h7-8,18,21H,1-6,9-17,19-20H2. The molecule has 3 fully saturated rings. The quantitative estimate of drug-likeness (QED) is 0.461. The van der Waals surface area contributed by atoms with Crippen LogP contribution in [0.5, 0.6) is 0 Å². The van der Waals surface area contributed by atoms with E-state index in [0.29, 0.717) is 31.1 Å². The molecular weight excluding hydrogens is 523 g/mol. The molecule has 3 aliphatic rings. The Kier molecular flexibility index (Phi) is 10.3. The molecule has 3 heterocycles. The third-order valence-electron chi connectivity index (χ3n) is 7.51. The molecule has 0 radical (unpaired) electrons. The van der Waals surface area contributed by atoms with Gasteiger partial charge in [0.1, 0.15) is 6.61 Å². The highest BCUT2D eigenvalue weighted by Crippen LogP contribution is 2.30. The lowest BCUT2D eigenvalue weighted by Crippen LogP contribution is -2.51. The van der Waals surface area contributed by atoms with Gasteiger partial charge in [-0.15, -0.1) is 0 Å². The zero-order valence-corrected chi connectivity index (χ0v) is 23.2. The number of piperazine rings is 1. The summed E-state index contributed by atoms with van der Waals surface area (Å²) >= 11 is 12.0. The first-order valence-electron chi connectivity index (χ1n) is 13.1. The van der Waals surface area contributed by atoms with Gasteiger partial charge in [0.2, 0.25) is 15.9 Å². The predicted octanol–water partition coefficient (Wildman–Crippen LogP) is 3.18. The number of amides is 1. The van der Waals surface area contributed by atoms with E-state index in [2.05, 4.69) is 9.80 Å². The van der Waals surface area contributed by atoms with E-state index < -0.39 is 10.0 Å². The summed E-state index contributed by atoms with van der Waals surface area (Å²) < 4.78 is 33.8. The second kappa shape index (κ2) is 13.2. The SMILES string of the molecule is O=C(COCC1CCCCN1S(=O)(=O)c1ccc(Cl)c(Cl)c1)N1CCN(CCN2CCCCC2)CC1. The average Bonchev–Trinajstić information content (AvgIpc) is 2.90. The fourth-order valence-corrected chi connectivity index (χ4v) is 7.36. The summed E-state index contributed by atoms with van der Waals surface area (Å²) in [6.45, 7) is 8.38. The molecule has 1 amide bonds. The lowest BCUT2D eigenvalue weighted by molar-refractivity contribution is -0.138. The summed E-state index contributed by atoms with van der Waals surface area (Å²) in [6.07, 6.45) is 6.38. The Morgan fingerprint density at radius 2 is 1.53 bits per heavy atom. The normalized spacial score (nSPS) is 23.2. The molecule has 0 spiro atoms. The third-order valence-corrected chi connectivity index (χ3v) is 10.2. The van der Waals surface area contributed by atoms with Crippen molar-refractivity contribution in [2.45, 2.75) is 49.5 Å². The number of benzene rings is 1. The highest BCUT2D eigenvalue weighted by atomic mass is 35.5. The molecule has 0 bridgehead atoms. The molecule has 0 aliphatic carbocycles. The van der Waals surface area contributed by atoms with E-state index in [9.17, 15) is 13.2 Å². The summed E-state index contributed by atoms with van der Waals surface area (Å²) in [5, 5.41) is 0.523. The number of carbonyl (C=O) groups excluding carboxylic acids is 1. The molecule has 3 saturated heterocycles. The van der Waals surface area contributed by atoms with E-state index in [1.165, 1.54) is 54.9 Å². The first-order chi connectivity index (χ1) is 17.3. The van der Waals surface area contributed by atoms with Crippen LogP contribution in [0.3, 0.4) is 0 Å². The molecule has 202 valence electrons. The van der Waals surface area contributed by atoms with Gasteiger partial charge < -0.3 is 14.5 Å². The Morgan fingerprint density at radius 1 is 0.861 bits per heavy atom. The monoisotopic (exact) mass is 560 g/mol. The molecule has 1 aromatic rings. The van der Waals surface area contributed by atoms with Gasteiger partial charge in [-0.25, -0.2) is 8.42 Å². The van der Waals surface area contributed by atoms with E-state index in [1.807, 2.05) is 4.90 Å². The van der Waals surface area contributed by atoms with Gasteiger partial charge in [0, 0.05) is 51.9 Å². The minimum Gasteiger partial charge on any atom is -0.370 e. The molecule has 11 heteroatoms. The Bertz CT molecular complexity index is 982. The smallest absolute Gasteiger partial charge is 0.248 e. The van der Waals surface area contributed by atoms with Crippen LogP contribution < -0.4 is 0 Å². The molecule has 1 aromatic carbocycles. The van der Waals surface area contributed by atoms with E-state index in [1.54, 1.807) is 0 Å². The van der Waals surface area contributed by atoms with E-state index >= 15 is 0 Å². The van der Waals surface area contributed by atoms with Crippen molar-refractivity contribution < 1.29 is 17.9 Å². The highest BCUT2D eigenvalue weighted by molar-refractivity contribution is 7.89. The largest absolute Gasteiger partial charge is 0.370 e. The van der Waals surface area contributed by atoms with E-state index in [-0.39, 0.29) is 35.1 Å². The average molecular weight is 562 g/mol. The van der Waals surface area contributed by atoms with Gasteiger partial charge in [-0.1, -0.05) is 36.0 Å². The number of piperidine rings is 2. The minimum atomic E-state index is -3.74. The van der Waals surface area contributed by atoms with Gasteiger partial charge >= 0.3 is 0 Å². The first kappa shape index (κ1) is 28.1. The van der Waals surface area contributed by atoms with Crippen molar-refractivity contribution in [1.82, 2.24) is 19.0 Å². The number of likely N-dealkylation sites (tertiary alicyclic amines) is 1. The van der Waals surface area contributed by atoms with Crippen LogP contribution in [0.2, 0.25) is 10.0 Å². The van der Waals surface area contributed by atoms with Crippen LogP contribution in [0.25, 0.3) is 0 Å². The van der Waals surface area contributed by atoms with Crippen LogP contribution in [0.1, 0.15) is 38.5 Å². The lowest BCUT2D eigenvalue weighted by atomic mass is 10.1. The summed E-state index contributed by atoms with van der Waals surface area (Å²) in [4.78, 5) is 19.7. The van der Waals surface area contributed by atoms with Crippen LogP contribution in [0.15, 0.2) is 23.1 Å². The van der Waals surface area contributed by atoms with Gasteiger partial charge in [0.05, 0.1) is 21.5 Å². The Balaban J connectivity index is 1.22. The molecule has 1 unspecified atom stereocenters. The third kappa shape index (κ3) is 7.34. The number of hydrogen-bond acceptors (Lipinski definition) is 6. The minimum absolute atomic E-state index is 0.0229. The van der Waals surface area contributed by atoms with Crippen LogP contribution in [-0.2, 0) is 19.6 Å². The van der Waals surface area contributed by atoms with Crippen molar-refractivity contribution in [3.8, 4) is 0 Å². The van der Waals surface area contributed by atoms with Crippen LogP contribution in [0.4, 0.5) is 0 Å². The maximum Gasteiger partial charge on any atom is 0.248 e. The number of hydrogen-bond donors (Lipinski definition) is 0. The zero-order chi connectivity index (χ0) is 25.5. The maximum atomic E-state index is 13.3. The van der Waals surface area contributed by atoms with Gasteiger partial charge in [-0.2, -0.15) is 4.31 Å². The molecule has 1 atom stereocenters. The predicted molar refractivity (Wildman–Crippen MR) is 142 cm³/mol. The van der Waals surface area contributed by atoms with Crippen molar-refractivity contribution in [1.29, 1.82) is 0 Å². The van der Waals surface area contributed by atoms with Crippen molar-refractivity contribution in [3.05, 3.63) is 28.2 Å². The van der Waals surface area contributed by atoms with Crippen LogP contribution in [-0.4, -0.2) is 111 Å². The number of rotatable bonds is 9. The molecular formula is C25H38Cl2N4O4S. The summed E-state index contributed by atoms with van der Waals surface area (Å²) in [5.74, 6) is -0.0274. The van der Waals surface area contributed by atoms with Gasteiger partial charge in [0.15, 0.2) is 0 Å². The number of ether oxygens (including phenoxy) is 1. The Labute approximate surface area is 225 Å². The molecule has 0 N–H and O–H groups in total. The van der Waals surface area contributed by atoms with Crippen LogP contribution >= 0.6 is 23.2 Å². The summed E-state index contributed by atoms with van der Waals surface area (Å²) in [7, 11) is -3.74. The van der Waals surface area contributed by atoms with Gasteiger partial charge in [-0.3, -0.25) is 9.69 Å². The molecule has 3 aliphatic heterocycles. The fraction of sp³-hybridized carbons (Fsp3) is 0.720. The number of halogens is 2. The number of carbonyl (C=O) groups is 1. The van der Waals surface area contributed by atoms with Crippen molar-refractivity contribution in [2.75, 3.05) is 72.1 Å². The van der Waals surface area contributed by atoms with Gasteiger partial charge in [-0.05, 0) is 57.0 Å². The maximum absolute atomic E-state index is 13.3. The number of sulfonamides is 1. The van der Waals surface area contributed by atoms with E-state index in [0.717, 1.165) is 39.0 Å². The molecule has 4 rings (SSSR count). The second-order valence-electron chi connectivity index (χ2n) is 9.98.